The Morgan fingerprint density at radius 3 is 2.07 bits per heavy atom. The van der Waals surface area contributed by atoms with Crippen LogP contribution in [0.3, 0.4) is 0 Å². The standard InChI is InChI=1S/C49H60O11S/c1-49(45(56-28-26-47(50)52-3)29-42(57-32-38-19-10-5-11-20-38)44(60-49)35-53-31-37-17-8-4-9-18-37)46(58-33-39-21-12-6-13-22-39)30-48(61-40-23-14-7-15-24-40)59-41-25-16-27-55-43(41)34-54-36-51-2/h4-15,17-24,26,28,41-46,48H,16,25,27,29-36H2,1-3H3/b28-26+/t41-,42-,43+,44+,45+,46+,48-,49+/m0/s1. The molecule has 8 atom stereocenters. The van der Waals surface area contributed by atoms with Crippen molar-refractivity contribution in [3.8, 4) is 0 Å². The Bertz CT molecular complexity index is 1840. The number of rotatable bonds is 24. The van der Waals surface area contributed by atoms with Crippen LogP contribution >= 0.6 is 11.8 Å². The zero-order valence-electron chi connectivity index (χ0n) is 35.4. The van der Waals surface area contributed by atoms with Crippen molar-refractivity contribution in [1.82, 2.24) is 0 Å². The molecule has 4 aromatic rings. The molecule has 2 aliphatic heterocycles. The van der Waals surface area contributed by atoms with Crippen molar-refractivity contribution in [3.63, 3.8) is 0 Å². The summed E-state index contributed by atoms with van der Waals surface area (Å²) in [6, 6.07) is 40.3. The van der Waals surface area contributed by atoms with Gasteiger partial charge in [0.25, 0.3) is 0 Å². The number of hydrogen-bond acceptors (Lipinski definition) is 12. The van der Waals surface area contributed by atoms with Gasteiger partial charge in [0.1, 0.15) is 36.1 Å². The second-order valence-corrected chi connectivity index (χ2v) is 16.5. The van der Waals surface area contributed by atoms with E-state index >= 15 is 0 Å². The van der Waals surface area contributed by atoms with Crippen molar-refractivity contribution in [2.75, 3.05) is 40.8 Å². The molecule has 0 aliphatic carbocycles. The fourth-order valence-electron chi connectivity index (χ4n) is 7.53. The fourth-order valence-corrected chi connectivity index (χ4v) is 8.62. The van der Waals surface area contributed by atoms with E-state index < -0.39 is 41.4 Å². The number of carbonyl (C=O) groups excluding carboxylic acids is 1. The summed E-state index contributed by atoms with van der Waals surface area (Å²) in [4.78, 5) is 13.3. The maximum absolute atomic E-state index is 12.3. The molecular formula is C49H60O11S. The molecule has 0 radical (unpaired) electrons. The molecule has 11 nitrogen and oxygen atoms in total. The third kappa shape index (κ3) is 14.8. The van der Waals surface area contributed by atoms with Crippen LogP contribution in [0, 0.1) is 0 Å². The van der Waals surface area contributed by atoms with E-state index in [1.54, 1.807) is 18.9 Å². The minimum absolute atomic E-state index is 0.165. The number of esters is 1. The highest BCUT2D eigenvalue weighted by molar-refractivity contribution is 7.99. The molecule has 2 heterocycles. The zero-order chi connectivity index (χ0) is 42.5. The summed E-state index contributed by atoms with van der Waals surface area (Å²) in [7, 11) is 2.93. The molecule has 0 N–H and O–H groups in total. The normalized spacial score (nSPS) is 24.0. The Labute approximate surface area is 364 Å². The van der Waals surface area contributed by atoms with Crippen LogP contribution < -0.4 is 0 Å². The summed E-state index contributed by atoms with van der Waals surface area (Å²) in [6.07, 6.45) is 2.40. The van der Waals surface area contributed by atoms with Crippen LogP contribution in [0.1, 0.15) is 49.3 Å². The first-order chi connectivity index (χ1) is 29.9. The molecular weight excluding hydrogens is 797 g/mol. The van der Waals surface area contributed by atoms with Gasteiger partial charge in [-0.15, -0.1) is 0 Å². The Balaban J connectivity index is 1.35. The number of hydrogen-bond donors (Lipinski definition) is 0. The SMILES string of the molecule is COCOC[C@H]1OCCC[C@@H]1O[C@H](C[C@@H](OCc1ccccc1)[C@]1(C)O[C@H](COCc2ccccc2)[C@@H](OCc2ccccc2)C[C@H]1O/C=C/C(=O)OC)Sc1ccccc1. The van der Waals surface area contributed by atoms with Gasteiger partial charge in [-0.3, -0.25) is 0 Å². The van der Waals surface area contributed by atoms with E-state index in [1.807, 2.05) is 116 Å². The monoisotopic (exact) mass is 856 g/mol. The average Bonchev–Trinajstić information content (AvgIpc) is 3.30. The predicted molar refractivity (Wildman–Crippen MR) is 232 cm³/mol. The molecule has 4 aromatic carbocycles. The number of thioether (sulfide) groups is 1. The molecule has 12 heteroatoms. The number of benzene rings is 4. The summed E-state index contributed by atoms with van der Waals surface area (Å²) in [5.74, 6) is -0.536. The van der Waals surface area contributed by atoms with Gasteiger partial charge in [-0.2, -0.15) is 0 Å². The minimum atomic E-state index is -1.12. The van der Waals surface area contributed by atoms with Crippen molar-refractivity contribution in [1.29, 1.82) is 0 Å². The van der Waals surface area contributed by atoms with E-state index in [4.69, 9.17) is 47.4 Å². The minimum Gasteiger partial charge on any atom is -0.495 e. The second kappa shape index (κ2) is 25.1. The van der Waals surface area contributed by atoms with Crippen LogP contribution in [0.5, 0.6) is 0 Å². The maximum Gasteiger partial charge on any atom is 0.333 e. The highest BCUT2D eigenvalue weighted by atomic mass is 32.2. The van der Waals surface area contributed by atoms with E-state index in [2.05, 4.69) is 12.1 Å². The molecule has 0 saturated carbocycles. The van der Waals surface area contributed by atoms with Gasteiger partial charge in [0.15, 0.2) is 0 Å². The molecule has 6 rings (SSSR count). The van der Waals surface area contributed by atoms with Crippen molar-refractivity contribution < 1.29 is 52.2 Å². The highest BCUT2D eigenvalue weighted by Gasteiger charge is 2.53. The second-order valence-electron chi connectivity index (χ2n) is 15.2. The summed E-state index contributed by atoms with van der Waals surface area (Å²) >= 11 is 1.63. The predicted octanol–water partition coefficient (Wildman–Crippen LogP) is 8.69. The number of ether oxygens (including phenoxy) is 10. The molecule has 0 spiro atoms. The highest BCUT2D eigenvalue weighted by Crippen LogP contribution is 2.42. The van der Waals surface area contributed by atoms with E-state index in [1.165, 1.54) is 19.4 Å². The van der Waals surface area contributed by atoms with Gasteiger partial charge in [-0.25, -0.2) is 4.79 Å². The van der Waals surface area contributed by atoms with E-state index in [0.717, 1.165) is 34.4 Å². The molecule has 2 fully saturated rings. The van der Waals surface area contributed by atoms with Crippen molar-refractivity contribution in [2.45, 2.75) is 105 Å². The summed E-state index contributed by atoms with van der Waals surface area (Å²) in [5.41, 5.74) is 1.56. The number of methoxy groups -OCH3 is 2. The lowest BCUT2D eigenvalue weighted by atomic mass is 9.82. The molecule has 2 aliphatic rings. The van der Waals surface area contributed by atoms with Crippen LogP contribution in [-0.2, 0) is 72.0 Å². The third-order valence-corrected chi connectivity index (χ3v) is 11.9. The summed E-state index contributed by atoms with van der Waals surface area (Å²) in [5, 5.41) is 0. The van der Waals surface area contributed by atoms with Gasteiger partial charge in [0.05, 0.1) is 70.8 Å². The Kier molecular flexibility index (Phi) is 19.1. The molecule has 0 bridgehead atoms. The van der Waals surface area contributed by atoms with Gasteiger partial charge >= 0.3 is 5.97 Å². The Hall–Kier alpha value is -4.08. The first-order valence-corrected chi connectivity index (χ1v) is 21.9. The first kappa shape index (κ1) is 46.4. The quantitative estimate of drug-likeness (QED) is 0.0168. The van der Waals surface area contributed by atoms with E-state index in [-0.39, 0.29) is 25.6 Å². The Morgan fingerprint density at radius 2 is 1.41 bits per heavy atom. The van der Waals surface area contributed by atoms with Gasteiger partial charge in [0.2, 0.25) is 0 Å². The lowest BCUT2D eigenvalue weighted by molar-refractivity contribution is -0.281. The molecule has 328 valence electrons. The van der Waals surface area contributed by atoms with Crippen LogP contribution in [0.2, 0.25) is 0 Å². The van der Waals surface area contributed by atoms with Crippen molar-refractivity contribution >= 4 is 17.7 Å². The lowest BCUT2D eigenvalue weighted by Gasteiger charge is -2.51. The smallest absolute Gasteiger partial charge is 0.333 e. The van der Waals surface area contributed by atoms with Gasteiger partial charge in [-0.1, -0.05) is 121 Å². The van der Waals surface area contributed by atoms with Crippen LogP contribution in [0.4, 0.5) is 0 Å². The van der Waals surface area contributed by atoms with Crippen molar-refractivity contribution in [2.24, 2.45) is 0 Å². The molecule has 0 unspecified atom stereocenters. The van der Waals surface area contributed by atoms with Crippen LogP contribution in [-0.4, -0.2) is 94.5 Å². The number of carbonyl (C=O) groups is 1. The first-order valence-electron chi connectivity index (χ1n) is 21.0. The van der Waals surface area contributed by atoms with Crippen LogP contribution in [0.25, 0.3) is 0 Å². The lowest BCUT2D eigenvalue weighted by Crippen LogP contribution is -2.63. The van der Waals surface area contributed by atoms with Gasteiger partial charge < -0.3 is 47.4 Å². The van der Waals surface area contributed by atoms with Crippen LogP contribution in [0.15, 0.2) is 139 Å². The molecule has 0 amide bonds. The zero-order valence-corrected chi connectivity index (χ0v) is 36.2. The van der Waals surface area contributed by atoms with E-state index in [0.29, 0.717) is 45.9 Å². The average molecular weight is 857 g/mol. The van der Waals surface area contributed by atoms with Gasteiger partial charge in [0, 0.05) is 31.5 Å². The molecule has 0 aromatic heterocycles. The molecule has 61 heavy (non-hydrogen) atoms. The summed E-state index contributed by atoms with van der Waals surface area (Å²) < 4.78 is 63.1. The van der Waals surface area contributed by atoms with Crippen molar-refractivity contribution in [3.05, 3.63) is 150 Å². The topological polar surface area (TPSA) is 109 Å². The molecule has 2 saturated heterocycles. The Morgan fingerprint density at radius 1 is 0.787 bits per heavy atom. The maximum atomic E-state index is 12.3. The van der Waals surface area contributed by atoms with E-state index in [9.17, 15) is 4.79 Å². The third-order valence-electron chi connectivity index (χ3n) is 10.8. The van der Waals surface area contributed by atoms with Gasteiger partial charge in [-0.05, 0) is 48.6 Å². The largest absolute Gasteiger partial charge is 0.495 e. The fraction of sp³-hybridized carbons (Fsp3) is 0.449. The summed E-state index contributed by atoms with van der Waals surface area (Å²) in [6.45, 7) is 4.48.